The summed E-state index contributed by atoms with van der Waals surface area (Å²) >= 11 is 5.60. The second-order valence-corrected chi connectivity index (χ2v) is 7.07. The summed E-state index contributed by atoms with van der Waals surface area (Å²) in [5.74, 6) is 1.41. The maximum Gasteiger partial charge on any atom is 0.269 e. The molecule has 1 aliphatic carbocycles. The first-order valence-corrected chi connectivity index (χ1v) is 9.54. The minimum absolute atomic E-state index is 0.0455. The van der Waals surface area contributed by atoms with Gasteiger partial charge in [-0.1, -0.05) is 24.4 Å². The molecule has 0 aliphatic heterocycles. The molecule has 3 aromatic rings. The quantitative estimate of drug-likeness (QED) is 0.352. The third-order valence-corrected chi connectivity index (χ3v) is 5.39. The molecule has 4 rings (SSSR count). The third kappa shape index (κ3) is 3.18. The number of para-hydroxylation sites is 2. The normalized spacial score (nSPS) is 13.0. The Kier molecular flexibility index (Phi) is 4.92. The molecule has 0 radical (unpaired) electrons. The van der Waals surface area contributed by atoms with E-state index in [-0.39, 0.29) is 5.69 Å². The molecule has 1 heterocycles. The zero-order valence-corrected chi connectivity index (χ0v) is 16.2. The number of nitro benzene ring substituents is 1. The summed E-state index contributed by atoms with van der Waals surface area (Å²) in [6, 6.07) is 14.2. The number of aromatic nitrogens is 2. The van der Waals surface area contributed by atoms with Gasteiger partial charge in [0, 0.05) is 29.0 Å². The number of ether oxygens (including phenoxy) is 1. The highest BCUT2D eigenvalue weighted by molar-refractivity contribution is 7.71. The van der Waals surface area contributed by atoms with Gasteiger partial charge in [0.05, 0.1) is 17.7 Å². The Morgan fingerprint density at radius 1 is 1.11 bits per heavy atom. The maximum absolute atomic E-state index is 11.0. The van der Waals surface area contributed by atoms with Crippen LogP contribution in [0.3, 0.4) is 0 Å². The van der Waals surface area contributed by atoms with E-state index in [4.69, 9.17) is 21.9 Å². The van der Waals surface area contributed by atoms with Crippen molar-refractivity contribution in [1.29, 1.82) is 0 Å². The fourth-order valence-electron chi connectivity index (χ4n) is 3.71. The predicted molar refractivity (Wildman–Crippen MR) is 110 cm³/mol. The van der Waals surface area contributed by atoms with Crippen molar-refractivity contribution in [2.24, 2.45) is 0 Å². The number of methoxy groups -OCH3 is 1. The zero-order chi connectivity index (χ0) is 19.7. The molecular formula is C21H19N3O3S. The SMILES string of the molecule is COc1ccccc1-n1c(-c2ccc([N+](=O)[O-])cc2)nc(=S)c2c1CCCC2. The van der Waals surface area contributed by atoms with Gasteiger partial charge in [0.2, 0.25) is 0 Å². The molecule has 0 N–H and O–H groups in total. The fraction of sp³-hybridized carbons (Fsp3) is 0.238. The van der Waals surface area contributed by atoms with Gasteiger partial charge in [0.15, 0.2) is 0 Å². The summed E-state index contributed by atoms with van der Waals surface area (Å²) in [6.45, 7) is 0. The first-order valence-electron chi connectivity index (χ1n) is 9.13. The Bertz CT molecular complexity index is 1110. The zero-order valence-electron chi connectivity index (χ0n) is 15.4. The van der Waals surface area contributed by atoms with Gasteiger partial charge in [-0.05, 0) is 49.9 Å². The van der Waals surface area contributed by atoms with Gasteiger partial charge in [0.25, 0.3) is 5.69 Å². The lowest BCUT2D eigenvalue weighted by Gasteiger charge is -2.25. The van der Waals surface area contributed by atoms with Crippen LogP contribution in [-0.2, 0) is 12.8 Å². The molecule has 1 aliphatic rings. The molecule has 0 spiro atoms. The number of fused-ring (bicyclic) bond motifs is 1. The van der Waals surface area contributed by atoms with Crippen LogP contribution in [0.25, 0.3) is 17.1 Å². The van der Waals surface area contributed by atoms with E-state index in [1.54, 1.807) is 19.2 Å². The topological polar surface area (TPSA) is 70.2 Å². The molecule has 0 bridgehead atoms. The number of non-ortho nitro benzene ring substituents is 1. The average molecular weight is 393 g/mol. The lowest BCUT2D eigenvalue weighted by Crippen LogP contribution is -2.17. The molecule has 0 amide bonds. The summed E-state index contributed by atoms with van der Waals surface area (Å²) in [5.41, 5.74) is 3.96. The van der Waals surface area contributed by atoms with Gasteiger partial charge < -0.3 is 4.74 Å². The van der Waals surface area contributed by atoms with Crippen LogP contribution >= 0.6 is 12.2 Å². The molecule has 6 nitrogen and oxygen atoms in total. The molecule has 0 unspecified atom stereocenters. The number of hydrogen-bond donors (Lipinski definition) is 0. The summed E-state index contributed by atoms with van der Waals surface area (Å²) in [5, 5.41) is 11.0. The van der Waals surface area contributed by atoms with Crippen molar-refractivity contribution in [2.75, 3.05) is 7.11 Å². The highest BCUT2D eigenvalue weighted by atomic mass is 32.1. The Morgan fingerprint density at radius 3 is 2.54 bits per heavy atom. The molecule has 28 heavy (non-hydrogen) atoms. The maximum atomic E-state index is 11.0. The van der Waals surface area contributed by atoms with E-state index in [2.05, 4.69) is 4.57 Å². The van der Waals surface area contributed by atoms with E-state index in [0.717, 1.165) is 53.9 Å². The van der Waals surface area contributed by atoms with E-state index >= 15 is 0 Å². The summed E-state index contributed by atoms with van der Waals surface area (Å²) < 4.78 is 8.31. The molecule has 7 heteroatoms. The van der Waals surface area contributed by atoms with E-state index in [1.165, 1.54) is 12.1 Å². The van der Waals surface area contributed by atoms with Gasteiger partial charge in [-0.3, -0.25) is 14.7 Å². The second-order valence-electron chi connectivity index (χ2n) is 6.68. The molecule has 0 atom stereocenters. The minimum Gasteiger partial charge on any atom is -0.495 e. The van der Waals surface area contributed by atoms with Crippen LogP contribution < -0.4 is 4.74 Å². The van der Waals surface area contributed by atoms with E-state index < -0.39 is 4.92 Å². The van der Waals surface area contributed by atoms with Crippen LogP contribution in [0.1, 0.15) is 24.1 Å². The van der Waals surface area contributed by atoms with Gasteiger partial charge in [-0.15, -0.1) is 0 Å². The molecule has 1 aromatic heterocycles. The first-order chi connectivity index (χ1) is 13.6. The van der Waals surface area contributed by atoms with Gasteiger partial charge in [-0.2, -0.15) is 0 Å². The predicted octanol–water partition coefficient (Wildman–Crippen LogP) is 5.06. The van der Waals surface area contributed by atoms with Crippen LogP contribution in [0.5, 0.6) is 5.75 Å². The summed E-state index contributed by atoms with van der Waals surface area (Å²) in [4.78, 5) is 15.3. The average Bonchev–Trinajstić information content (AvgIpc) is 2.74. The number of benzene rings is 2. The Balaban J connectivity index is 2.02. The van der Waals surface area contributed by atoms with E-state index in [1.807, 2.05) is 24.3 Å². The Labute approximate surface area is 167 Å². The number of nitro groups is 1. The molecule has 142 valence electrons. The van der Waals surface area contributed by atoms with Crippen LogP contribution in [0.2, 0.25) is 0 Å². The third-order valence-electron chi connectivity index (χ3n) is 5.05. The van der Waals surface area contributed by atoms with Gasteiger partial charge in [0.1, 0.15) is 16.2 Å². The number of nitrogens with zero attached hydrogens (tertiary/aromatic N) is 3. The molecule has 0 saturated heterocycles. The number of rotatable bonds is 4. The highest BCUT2D eigenvalue weighted by Gasteiger charge is 2.22. The molecule has 0 saturated carbocycles. The largest absolute Gasteiger partial charge is 0.495 e. The monoisotopic (exact) mass is 393 g/mol. The second kappa shape index (κ2) is 7.52. The number of hydrogen-bond acceptors (Lipinski definition) is 5. The van der Waals surface area contributed by atoms with Crippen LogP contribution in [0.15, 0.2) is 48.5 Å². The smallest absolute Gasteiger partial charge is 0.269 e. The fourth-order valence-corrected chi connectivity index (χ4v) is 4.01. The van der Waals surface area contributed by atoms with Gasteiger partial charge in [-0.25, -0.2) is 4.98 Å². The van der Waals surface area contributed by atoms with Crippen molar-refractivity contribution < 1.29 is 9.66 Å². The van der Waals surface area contributed by atoms with Crippen molar-refractivity contribution in [2.45, 2.75) is 25.7 Å². The van der Waals surface area contributed by atoms with Crippen LogP contribution in [-0.4, -0.2) is 21.6 Å². The van der Waals surface area contributed by atoms with Crippen molar-refractivity contribution in [3.05, 3.63) is 74.5 Å². The lowest BCUT2D eigenvalue weighted by atomic mass is 9.96. The molecule has 0 fully saturated rings. The lowest BCUT2D eigenvalue weighted by molar-refractivity contribution is -0.384. The van der Waals surface area contributed by atoms with Crippen molar-refractivity contribution in [1.82, 2.24) is 9.55 Å². The van der Waals surface area contributed by atoms with Crippen molar-refractivity contribution in [3.8, 4) is 22.8 Å². The molecule has 2 aromatic carbocycles. The van der Waals surface area contributed by atoms with Crippen molar-refractivity contribution >= 4 is 17.9 Å². The van der Waals surface area contributed by atoms with Crippen LogP contribution in [0, 0.1) is 14.8 Å². The highest BCUT2D eigenvalue weighted by Crippen LogP contribution is 2.34. The van der Waals surface area contributed by atoms with Gasteiger partial charge >= 0.3 is 0 Å². The minimum atomic E-state index is -0.406. The Morgan fingerprint density at radius 2 is 1.82 bits per heavy atom. The summed E-state index contributed by atoms with van der Waals surface area (Å²) in [6.07, 6.45) is 4.00. The standard InChI is InChI=1S/C21H19N3O3S/c1-27-19-9-5-4-8-18(19)23-17-7-3-2-6-16(17)21(28)22-20(23)14-10-12-15(13-11-14)24(25)26/h4-5,8-13H,2-3,6-7H2,1H3. The summed E-state index contributed by atoms with van der Waals surface area (Å²) in [7, 11) is 1.65. The first kappa shape index (κ1) is 18.3. The Hall–Kier alpha value is -3.06. The molecular weight excluding hydrogens is 374 g/mol. The van der Waals surface area contributed by atoms with Crippen LogP contribution in [0.4, 0.5) is 5.69 Å². The van der Waals surface area contributed by atoms with E-state index in [0.29, 0.717) is 10.5 Å². The van der Waals surface area contributed by atoms with E-state index in [9.17, 15) is 10.1 Å². The van der Waals surface area contributed by atoms with Crippen molar-refractivity contribution in [3.63, 3.8) is 0 Å².